The fourth-order valence-electron chi connectivity index (χ4n) is 3.89. The van der Waals surface area contributed by atoms with Gasteiger partial charge in [0, 0.05) is 5.39 Å². The first kappa shape index (κ1) is 23.2. The van der Waals surface area contributed by atoms with Crippen LogP contribution in [0, 0.1) is 11.3 Å². The summed E-state index contributed by atoms with van der Waals surface area (Å²) in [7, 11) is 0. The molecule has 2 heterocycles. The summed E-state index contributed by atoms with van der Waals surface area (Å²) in [4.78, 5) is 31.2. The summed E-state index contributed by atoms with van der Waals surface area (Å²) >= 11 is 1.12. The second-order valence-electron chi connectivity index (χ2n) is 7.70. The Morgan fingerprint density at radius 2 is 1.81 bits per heavy atom. The quantitative estimate of drug-likeness (QED) is 0.246. The van der Waals surface area contributed by atoms with E-state index in [1.165, 1.54) is 4.57 Å². The van der Waals surface area contributed by atoms with E-state index in [1.54, 1.807) is 54.6 Å². The van der Waals surface area contributed by atoms with Crippen LogP contribution in [-0.4, -0.2) is 27.8 Å². The summed E-state index contributed by atoms with van der Waals surface area (Å²) in [5.41, 5.74) is 1.64. The number of nitrogens with zero attached hydrogens (tertiary/aromatic N) is 3. The van der Waals surface area contributed by atoms with Crippen molar-refractivity contribution in [2.45, 2.75) is 12.1 Å². The number of ether oxygens (including phenoxy) is 1. The third-order valence-corrected chi connectivity index (χ3v) is 6.38. The molecule has 1 N–H and O–H groups in total. The molecule has 0 aliphatic carbocycles. The first-order valence-electron chi connectivity index (χ1n) is 11.2. The summed E-state index contributed by atoms with van der Waals surface area (Å²) in [6, 6.07) is 23.4. The Balaban J connectivity index is 1.51. The zero-order valence-electron chi connectivity index (χ0n) is 19.2. The number of anilines is 1. The minimum Gasteiger partial charge on any atom is -0.492 e. The molecule has 0 aliphatic heterocycles. The highest BCUT2D eigenvalue weighted by Gasteiger charge is 2.19. The Kier molecular flexibility index (Phi) is 6.43. The topological polar surface area (TPSA) is 110 Å². The van der Waals surface area contributed by atoms with E-state index >= 15 is 0 Å². The molecule has 178 valence electrons. The number of furan rings is 1. The van der Waals surface area contributed by atoms with E-state index in [9.17, 15) is 14.9 Å². The first-order valence-corrected chi connectivity index (χ1v) is 12.2. The van der Waals surface area contributed by atoms with E-state index in [-0.39, 0.29) is 23.0 Å². The highest BCUT2D eigenvalue weighted by Crippen LogP contribution is 2.31. The predicted octanol–water partition coefficient (Wildman–Crippen LogP) is 5.13. The number of carbonyl (C=O) groups is 1. The molecular weight excluding hydrogens is 476 g/mol. The number of rotatable bonds is 7. The molecule has 36 heavy (non-hydrogen) atoms. The van der Waals surface area contributed by atoms with E-state index in [0.717, 1.165) is 11.8 Å². The van der Waals surface area contributed by atoms with Gasteiger partial charge in [0.25, 0.3) is 5.56 Å². The minimum atomic E-state index is -0.366. The van der Waals surface area contributed by atoms with Crippen LogP contribution in [0.2, 0.25) is 0 Å². The molecule has 0 bridgehead atoms. The highest BCUT2D eigenvalue weighted by molar-refractivity contribution is 7.99. The van der Waals surface area contributed by atoms with Crippen LogP contribution in [0.5, 0.6) is 5.75 Å². The number of amides is 1. The molecule has 0 radical (unpaired) electrons. The molecule has 0 aliphatic rings. The molecule has 8 nitrogen and oxygen atoms in total. The van der Waals surface area contributed by atoms with Crippen LogP contribution in [0.4, 0.5) is 5.69 Å². The molecule has 0 atom stereocenters. The standard InChI is InChI=1S/C27H20N4O4S/c1-2-34-22-14-8-6-12-20(22)31-26(33)17-9-3-5-11-19(17)29-27(31)36-16-24(32)30-25-18-10-4-7-13-21(18)35-23(25)15-28/h3-14H,2,16H2,1H3,(H,30,32). The van der Waals surface area contributed by atoms with E-state index in [2.05, 4.69) is 10.3 Å². The molecule has 5 rings (SSSR count). The van der Waals surface area contributed by atoms with Gasteiger partial charge in [-0.05, 0) is 43.3 Å². The Labute approximate surface area is 210 Å². The third-order valence-electron chi connectivity index (χ3n) is 5.44. The summed E-state index contributed by atoms with van der Waals surface area (Å²) in [5, 5.41) is 13.7. The van der Waals surface area contributed by atoms with Gasteiger partial charge in [0.05, 0.1) is 29.0 Å². The van der Waals surface area contributed by atoms with Gasteiger partial charge in [0.1, 0.15) is 23.1 Å². The van der Waals surface area contributed by atoms with Crippen molar-refractivity contribution in [1.29, 1.82) is 5.26 Å². The highest BCUT2D eigenvalue weighted by atomic mass is 32.2. The summed E-state index contributed by atoms with van der Waals surface area (Å²) in [6.07, 6.45) is 0. The number of benzene rings is 3. The lowest BCUT2D eigenvalue weighted by Crippen LogP contribution is -2.23. The molecule has 0 spiro atoms. The van der Waals surface area contributed by atoms with Gasteiger partial charge in [0.15, 0.2) is 5.16 Å². The van der Waals surface area contributed by atoms with Gasteiger partial charge >= 0.3 is 0 Å². The molecule has 0 saturated heterocycles. The molecule has 0 fully saturated rings. The van der Waals surface area contributed by atoms with Crippen molar-refractivity contribution in [3.05, 3.63) is 88.9 Å². The number of carbonyl (C=O) groups excluding carboxylic acids is 1. The van der Waals surface area contributed by atoms with Crippen molar-refractivity contribution in [2.75, 3.05) is 17.7 Å². The lowest BCUT2D eigenvalue weighted by molar-refractivity contribution is -0.113. The fourth-order valence-corrected chi connectivity index (χ4v) is 4.70. The SMILES string of the molecule is CCOc1ccccc1-n1c(SCC(=O)Nc2c(C#N)oc3ccccc23)nc2ccccc2c1=O. The number of aromatic nitrogens is 2. The predicted molar refractivity (Wildman–Crippen MR) is 139 cm³/mol. The fraction of sp³-hybridized carbons (Fsp3) is 0.111. The molecule has 0 saturated carbocycles. The van der Waals surface area contributed by atoms with Crippen molar-refractivity contribution in [3.8, 4) is 17.5 Å². The van der Waals surface area contributed by atoms with Crippen molar-refractivity contribution in [3.63, 3.8) is 0 Å². The largest absolute Gasteiger partial charge is 0.492 e. The molecule has 9 heteroatoms. The second-order valence-corrected chi connectivity index (χ2v) is 8.65. The van der Waals surface area contributed by atoms with Crippen LogP contribution in [0.1, 0.15) is 12.7 Å². The van der Waals surface area contributed by atoms with Crippen LogP contribution >= 0.6 is 11.8 Å². The maximum absolute atomic E-state index is 13.5. The van der Waals surface area contributed by atoms with Crippen LogP contribution in [-0.2, 0) is 4.79 Å². The Morgan fingerprint density at radius 1 is 1.08 bits per heavy atom. The Morgan fingerprint density at radius 3 is 2.61 bits per heavy atom. The van der Waals surface area contributed by atoms with Crippen LogP contribution in [0.25, 0.3) is 27.6 Å². The maximum Gasteiger partial charge on any atom is 0.266 e. The smallest absolute Gasteiger partial charge is 0.266 e. The number of fused-ring (bicyclic) bond motifs is 2. The molecule has 0 unspecified atom stereocenters. The Bertz CT molecular complexity index is 1700. The Hall–Kier alpha value is -4.55. The number of hydrogen-bond acceptors (Lipinski definition) is 7. The summed E-state index contributed by atoms with van der Waals surface area (Å²) < 4.78 is 12.8. The average Bonchev–Trinajstić information content (AvgIpc) is 3.26. The van der Waals surface area contributed by atoms with E-state index in [0.29, 0.717) is 50.8 Å². The minimum absolute atomic E-state index is 0.0286. The second kappa shape index (κ2) is 9.98. The van der Waals surface area contributed by atoms with Crippen LogP contribution in [0.15, 0.2) is 87.2 Å². The first-order chi connectivity index (χ1) is 17.6. The number of nitriles is 1. The number of para-hydroxylation sites is 4. The normalized spacial score (nSPS) is 10.9. The number of thioether (sulfide) groups is 1. The lowest BCUT2D eigenvalue weighted by atomic mass is 10.2. The van der Waals surface area contributed by atoms with Crippen molar-refractivity contribution in [1.82, 2.24) is 9.55 Å². The molecule has 3 aromatic carbocycles. The third kappa shape index (κ3) is 4.30. The molecule has 2 aromatic heterocycles. The molecule has 5 aromatic rings. The van der Waals surface area contributed by atoms with Gasteiger partial charge in [0.2, 0.25) is 11.7 Å². The van der Waals surface area contributed by atoms with Gasteiger partial charge < -0.3 is 14.5 Å². The lowest BCUT2D eigenvalue weighted by Gasteiger charge is -2.16. The van der Waals surface area contributed by atoms with E-state index < -0.39 is 0 Å². The van der Waals surface area contributed by atoms with Crippen molar-refractivity contribution < 1.29 is 13.9 Å². The van der Waals surface area contributed by atoms with Crippen LogP contribution < -0.4 is 15.6 Å². The van der Waals surface area contributed by atoms with Crippen molar-refractivity contribution in [2.24, 2.45) is 0 Å². The van der Waals surface area contributed by atoms with Gasteiger partial charge in [-0.2, -0.15) is 5.26 Å². The van der Waals surface area contributed by atoms with Crippen molar-refractivity contribution >= 4 is 45.2 Å². The molecule has 1 amide bonds. The van der Waals surface area contributed by atoms with Gasteiger partial charge in [-0.1, -0.05) is 48.2 Å². The summed E-state index contributed by atoms with van der Waals surface area (Å²) in [5.74, 6) is 0.149. The average molecular weight is 497 g/mol. The van der Waals surface area contributed by atoms with Crippen LogP contribution in [0.3, 0.4) is 0 Å². The maximum atomic E-state index is 13.5. The van der Waals surface area contributed by atoms with E-state index in [4.69, 9.17) is 9.15 Å². The summed E-state index contributed by atoms with van der Waals surface area (Å²) in [6.45, 7) is 2.30. The van der Waals surface area contributed by atoms with Gasteiger partial charge in [-0.3, -0.25) is 14.2 Å². The van der Waals surface area contributed by atoms with Gasteiger partial charge in [-0.25, -0.2) is 4.98 Å². The zero-order valence-corrected chi connectivity index (χ0v) is 20.0. The zero-order chi connectivity index (χ0) is 25.1. The number of hydrogen-bond donors (Lipinski definition) is 1. The van der Waals surface area contributed by atoms with E-state index in [1.807, 2.05) is 31.2 Å². The monoisotopic (exact) mass is 496 g/mol. The van der Waals surface area contributed by atoms with Gasteiger partial charge in [-0.15, -0.1) is 0 Å². The number of nitrogens with one attached hydrogen (secondary N) is 1. The molecular formula is C27H20N4O4S.